The highest BCUT2D eigenvalue weighted by Gasteiger charge is 2.33. The average molecular weight is 776 g/mol. The molecule has 1 unspecified atom stereocenters. The highest BCUT2D eigenvalue weighted by Crippen LogP contribution is 2.34. The third-order valence-corrected chi connectivity index (χ3v) is 12.4. The maximum Gasteiger partial charge on any atom is 0.249 e. The number of aromatic nitrogens is 2. The van der Waals surface area contributed by atoms with Gasteiger partial charge in [0.15, 0.2) is 5.82 Å². The Morgan fingerprint density at radius 3 is 2.23 bits per heavy atom. The molecule has 3 amide bonds. The maximum atomic E-state index is 15.2. The van der Waals surface area contributed by atoms with E-state index >= 15 is 4.39 Å². The van der Waals surface area contributed by atoms with E-state index < -0.39 is 11.9 Å². The lowest BCUT2D eigenvalue weighted by Crippen LogP contribution is -2.47. The summed E-state index contributed by atoms with van der Waals surface area (Å²) in [7, 11) is 0. The van der Waals surface area contributed by atoms with Gasteiger partial charge in [-0.05, 0) is 118 Å². The number of benzene rings is 3. The third kappa shape index (κ3) is 9.33. The fourth-order valence-corrected chi connectivity index (χ4v) is 9.15. The van der Waals surface area contributed by atoms with Gasteiger partial charge in [-0.3, -0.25) is 19.7 Å². The Morgan fingerprint density at radius 2 is 1.49 bits per heavy atom. The van der Waals surface area contributed by atoms with Gasteiger partial charge in [0, 0.05) is 49.3 Å². The van der Waals surface area contributed by atoms with E-state index in [9.17, 15) is 18.8 Å². The van der Waals surface area contributed by atoms with Crippen LogP contribution in [0, 0.1) is 23.5 Å². The van der Waals surface area contributed by atoms with Crippen molar-refractivity contribution >= 4 is 29.4 Å². The summed E-state index contributed by atoms with van der Waals surface area (Å²) in [6.07, 6.45) is 8.94. The van der Waals surface area contributed by atoms with E-state index in [1.807, 2.05) is 66.7 Å². The lowest BCUT2D eigenvalue weighted by Gasteiger charge is -2.39. The topological polar surface area (TPSA) is 120 Å². The number of hydrogen-bond acceptors (Lipinski definition) is 8. The number of halogens is 2. The predicted molar refractivity (Wildman–Crippen MR) is 216 cm³/mol. The molecule has 1 aromatic heterocycles. The molecule has 1 aliphatic carbocycles. The largest absolute Gasteiger partial charge is 0.374 e. The highest BCUT2D eigenvalue weighted by molar-refractivity contribution is 6.01. The van der Waals surface area contributed by atoms with Crippen molar-refractivity contribution < 1.29 is 23.2 Å². The number of likely N-dealkylation sites (tertiary alicyclic amines) is 2. The van der Waals surface area contributed by atoms with Gasteiger partial charge in [0.05, 0.1) is 6.20 Å². The second kappa shape index (κ2) is 17.5. The van der Waals surface area contributed by atoms with Crippen LogP contribution in [0.1, 0.15) is 75.7 Å². The molecular formula is C45H51F2N7O3. The molecule has 3 saturated heterocycles. The summed E-state index contributed by atoms with van der Waals surface area (Å²) in [4.78, 5) is 50.5. The van der Waals surface area contributed by atoms with Crippen LogP contribution in [-0.2, 0) is 14.4 Å². The summed E-state index contributed by atoms with van der Waals surface area (Å²) in [6, 6.07) is 22.4. The summed E-state index contributed by atoms with van der Waals surface area (Å²) in [5, 5.41) is 8.82. The van der Waals surface area contributed by atoms with E-state index in [2.05, 4.69) is 35.7 Å². The Morgan fingerprint density at radius 1 is 0.754 bits per heavy atom. The number of amides is 3. The van der Waals surface area contributed by atoms with Crippen LogP contribution in [0.3, 0.4) is 0 Å². The first-order chi connectivity index (χ1) is 27.8. The number of carbonyl (C=O) groups excluding carboxylic acids is 3. The van der Waals surface area contributed by atoms with Crippen molar-refractivity contribution in [2.24, 2.45) is 11.8 Å². The van der Waals surface area contributed by atoms with Crippen molar-refractivity contribution in [3.63, 3.8) is 0 Å². The van der Waals surface area contributed by atoms with Crippen LogP contribution in [0.25, 0.3) is 22.4 Å². The first kappa shape index (κ1) is 38.6. The molecule has 8 rings (SSSR count). The minimum Gasteiger partial charge on any atom is -0.374 e. The number of nitrogens with zero attached hydrogens (tertiary/aromatic N) is 4. The molecule has 3 aromatic carbocycles. The second-order valence-electron chi connectivity index (χ2n) is 16.3. The van der Waals surface area contributed by atoms with Gasteiger partial charge in [0.25, 0.3) is 0 Å². The van der Waals surface area contributed by atoms with E-state index in [1.165, 1.54) is 12.3 Å². The number of anilines is 2. The van der Waals surface area contributed by atoms with E-state index in [4.69, 9.17) is 0 Å². The lowest BCUT2D eigenvalue weighted by molar-refractivity contribution is -0.138. The van der Waals surface area contributed by atoms with E-state index in [-0.39, 0.29) is 53.5 Å². The molecule has 4 heterocycles. The first-order valence-corrected chi connectivity index (χ1v) is 20.6. The summed E-state index contributed by atoms with van der Waals surface area (Å²) < 4.78 is 30.2. The van der Waals surface area contributed by atoms with Crippen LogP contribution in [0.4, 0.5) is 20.4 Å². The zero-order valence-electron chi connectivity index (χ0n) is 32.3. The molecule has 10 nitrogen and oxygen atoms in total. The van der Waals surface area contributed by atoms with Gasteiger partial charge in [0.1, 0.15) is 17.6 Å². The van der Waals surface area contributed by atoms with E-state index in [0.29, 0.717) is 29.5 Å². The Bertz CT molecular complexity index is 2060. The smallest absolute Gasteiger partial charge is 0.249 e. The fraction of sp³-hybridized carbons (Fsp3) is 0.444. The number of hydrogen-bond donors (Lipinski definition) is 3. The molecular weight excluding hydrogens is 725 g/mol. The second-order valence-corrected chi connectivity index (χ2v) is 16.3. The van der Waals surface area contributed by atoms with Crippen LogP contribution in [-0.4, -0.2) is 82.3 Å². The number of imide groups is 1. The van der Waals surface area contributed by atoms with Crippen molar-refractivity contribution in [1.29, 1.82) is 0 Å². The van der Waals surface area contributed by atoms with Gasteiger partial charge in [-0.15, -0.1) is 0 Å². The van der Waals surface area contributed by atoms with Gasteiger partial charge in [-0.2, -0.15) is 0 Å². The van der Waals surface area contributed by atoms with Crippen molar-refractivity contribution in [3.05, 3.63) is 96.2 Å². The molecule has 4 fully saturated rings. The predicted octanol–water partition coefficient (Wildman–Crippen LogP) is 7.39. The van der Waals surface area contributed by atoms with Crippen molar-refractivity contribution in [2.75, 3.05) is 43.4 Å². The van der Waals surface area contributed by atoms with Crippen molar-refractivity contribution in [3.8, 4) is 22.4 Å². The zero-order chi connectivity index (χ0) is 39.3. The van der Waals surface area contributed by atoms with Crippen molar-refractivity contribution in [2.45, 2.75) is 82.2 Å². The molecule has 1 atom stereocenters. The number of rotatable bonds is 10. The average Bonchev–Trinajstić information content (AvgIpc) is 3.24. The Hall–Kier alpha value is -5.23. The van der Waals surface area contributed by atoms with Gasteiger partial charge in [-0.1, -0.05) is 54.6 Å². The maximum absolute atomic E-state index is 15.2. The van der Waals surface area contributed by atoms with Gasteiger partial charge in [0.2, 0.25) is 23.7 Å². The quantitative estimate of drug-likeness (QED) is 0.143. The number of nitrogens with one attached hydrogen (secondary N) is 3. The van der Waals surface area contributed by atoms with E-state index in [1.54, 1.807) is 0 Å². The number of carbonyl (C=O) groups is 3. The number of piperidine rings is 3. The summed E-state index contributed by atoms with van der Waals surface area (Å²) in [6.45, 7) is 4.43. The Kier molecular flexibility index (Phi) is 11.9. The fourth-order valence-electron chi connectivity index (χ4n) is 9.15. The zero-order valence-corrected chi connectivity index (χ0v) is 32.3. The van der Waals surface area contributed by atoms with Gasteiger partial charge >= 0.3 is 0 Å². The standard InChI is InChI=1S/C45H51F2N7O3/c46-38-26-36(49-40-15-16-41(55)51-43(40)56)13-14-37(38)31-19-21-53(22-20-31)28-29-17-23-54(24-18-29)44(57)32-9-11-35(12-10-32)50-45-48-27-39(47)42(52-45)34-8-4-7-33(25-34)30-5-2-1-3-6-30/h1-8,13-14,25-27,29,31-32,35,40,49H,9-12,15-24,28H2,(H,48,50,52)(H,51,55,56)/t32-,35-,40?. The minimum atomic E-state index is -0.541. The SMILES string of the molecule is O=C1CCC(Nc2ccc(C3CCN(CC4CCN(C(=O)[C@H]5CC[C@H](Nc6ncc(F)c(-c7cccc(-c8ccccc8)c7)n6)CC5)CC4)CC3)c(F)c2)C(=O)N1. The summed E-state index contributed by atoms with van der Waals surface area (Å²) in [5.74, 6) is 0.0180. The van der Waals surface area contributed by atoms with Crippen LogP contribution < -0.4 is 16.0 Å². The molecule has 3 N–H and O–H groups in total. The monoisotopic (exact) mass is 775 g/mol. The van der Waals surface area contributed by atoms with Crippen LogP contribution in [0.2, 0.25) is 0 Å². The molecule has 57 heavy (non-hydrogen) atoms. The normalized spacial score (nSPS) is 22.6. The van der Waals surface area contributed by atoms with Crippen LogP contribution in [0.5, 0.6) is 0 Å². The highest BCUT2D eigenvalue weighted by atomic mass is 19.1. The van der Waals surface area contributed by atoms with Crippen LogP contribution >= 0.6 is 0 Å². The molecule has 298 valence electrons. The minimum absolute atomic E-state index is 0.0201. The van der Waals surface area contributed by atoms with Gasteiger partial charge in [-0.25, -0.2) is 18.7 Å². The molecule has 4 aromatic rings. The molecule has 3 aliphatic heterocycles. The summed E-state index contributed by atoms with van der Waals surface area (Å²) in [5.41, 5.74) is 4.28. The van der Waals surface area contributed by atoms with Crippen molar-refractivity contribution in [1.82, 2.24) is 25.1 Å². The molecule has 4 aliphatic rings. The van der Waals surface area contributed by atoms with Crippen LogP contribution in [0.15, 0.2) is 79.0 Å². The first-order valence-electron chi connectivity index (χ1n) is 20.6. The molecule has 1 saturated carbocycles. The van der Waals surface area contributed by atoms with E-state index in [0.717, 1.165) is 101 Å². The Labute approximate surface area is 332 Å². The summed E-state index contributed by atoms with van der Waals surface area (Å²) >= 11 is 0. The Balaban J connectivity index is 0.756. The molecule has 0 spiro atoms. The van der Waals surface area contributed by atoms with Gasteiger partial charge < -0.3 is 20.4 Å². The third-order valence-electron chi connectivity index (χ3n) is 12.4. The lowest BCUT2D eigenvalue weighted by atomic mass is 9.84. The molecule has 0 bridgehead atoms. The molecule has 12 heteroatoms. The molecule has 0 radical (unpaired) electrons.